The van der Waals surface area contributed by atoms with E-state index in [1.807, 2.05) is 24.3 Å². The Kier molecular flexibility index (Phi) is 5.04. The van der Waals surface area contributed by atoms with Gasteiger partial charge in [-0.3, -0.25) is 4.79 Å². The molecule has 0 bridgehead atoms. The maximum absolute atomic E-state index is 11.6. The third-order valence-corrected chi connectivity index (χ3v) is 2.74. The summed E-state index contributed by atoms with van der Waals surface area (Å²) in [6, 6.07) is 7.57. The van der Waals surface area contributed by atoms with Gasteiger partial charge in [0.2, 0.25) is 0 Å². The molecule has 2 N–H and O–H groups in total. The van der Waals surface area contributed by atoms with E-state index in [0.717, 1.165) is 15.7 Å². The van der Waals surface area contributed by atoms with Crippen LogP contribution in [-0.4, -0.2) is 33.1 Å². The lowest BCUT2D eigenvalue weighted by atomic mass is 10.2. The molecule has 0 saturated heterocycles. The normalized spacial score (nSPS) is 10.4. The number of likely N-dealkylation sites (N-methyl/N-ethyl adjacent to an activating group) is 1. The van der Waals surface area contributed by atoms with Crippen molar-refractivity contribution in [3.05, 3.63) is 33.4 Å². The van der Waals surface area contributed by atoms with Gasteiger partial charge >= 0.3 is 0 Å². The van der Waals surface area contributed by atoms with Gasteiger partial charge in [0.25, 0.3) is 5.91 Å². The third kappa shape index (κ3) is 4.61. The van der Waals surface area contributed by atoms with Crippen LogP contribution in [0.15, 0.2) is 24.3 Å². The van der Waals surface area contributed by atoms with Crippen LogP contribution in [0.2, 0.25) is 0 Å². The van der Waals surface area contributed by atoms with E-state index in [0.29, 0.717) is 6.54 Å². The van der Waals surface area contributed by atoms with Crippen LogP contribution in [0.4, 0.5) is 0 Å². The molecule has 0 radical (unpaired) electrons. The fourth-order valence-electron chi connectivity index (χ4n) is 1.13. The van der Waals surface area contributed by atoms with Crippen LogP contribution < -0.4 is 10.2 Å². The van der Waals surface area contributed by atoms with E-state index < -0.39 is 0 Å². The second kappa shape index (κ2) is 6.07. The summed E-state index contributed by atoms with van der Waals surface area (Å²) in [5.41, 5.74) is 0.726. The first-order chi connectivity index (χ1) is 7.09. The molecule has 0 aliphatic carbocycles. The Morgan fingerprint density at radius 3 is 2.47 bits per heavy atom. The first kappa shape index (κ1) is 12.4. The minimum atomic E-state index is 0.00708. The van der Waals surface area contributed by atoms with Crippen LogP contribution >= 0.6 is 22.6 Å². The summed E-state index contributed by atoms with van der Waals surface area (Å²) >= 11 is 2.22. The topological polar surface area (TPSA) is 33.5 Å². The molecule has 15 heavy (non-hydrogen) atoms. The molecule has 0 aromatic heterocycles. The molecular weight excluding hydrogens is 303 g/mol. The Balaban J connectivity index is 2.43. The SMILES string of the molecule is C[NH+](C)CCNC(=O)c1ccc(I)cc1. The Morgan fingerprint density at radius 1 is 1.33 bits per heavy atom. The summed E-state index contributed by atoms with van der Waals surface area (Å²) in [5, 5.41) is 2.89. The van der Waals surface area contributed by atoms with E-state index >= 15 is 0 Å². The van der Waals surface area contributed by atoms with Gasteiger partial charge in [0.05, 0.1) is 27.2 Å². The van der Waals surface area contributed by atoms with E-state index in [-0.39, 0.29) is 5.91 Å². The highest BCUT2D eigenvalue weighted by Crippen LogP contribution is 2.06. The average Bonchev–Trinajstić information content (AvgIpc) is 2.18. The fourth-order valence-corrected chi connectivity index (χ4v) is 1.49. The van der Waals surface area contributed by atoms with Crippen LogP contribution in [0.3, 0.4) is 0 Å². The van der Waals surface area contributed by atoms with Crippen LogP contribution in [0.1, 0.15) is 10.4 Å². The first-order valence-corrected chi connectivity index (χ1v) is 6.00. The Morgan fingerprint density at radius 2 is 1.93 bits per heavy atom. The third-order valence-electron chi connectivity index (χ3n) is 2.02. The van der Waals surface area contributed by atoms with Gasteiger partial charge in [-0.25, -0.2) is 0 Å². The molecule has 0 saturated carbocycles. The Bertz CT molecular complexity index is 322. The van der Waals surface area contributed by atoms with Crippen molar-refractivity contribution in [3.8, 4) is 0 Å². The second-order valence-corrected chi connectivity index (χ2v) is 4.97. The van der Waals surface area contributed by atoms with Crippen molar-refractivity contribution in [2.75, 3.05) is 27.2 Å². The summed E-state index contributed by atoms with van der Waals surface area (Å²) in [6.45, 7) is 1.66. The molecule has 0 atom stereocenters. The number of carbonyl (C=O) groups excluding carboxylic acids is 1. The number of hydrogen-bond donors (Lipinski definition) is 2. The molecule has 82 valence electrons. The number of nitrogens with one attached hydrogen (secondary N) is 2. The standard InChI is InChI=1S/C11H15IN2O/c1-14(2)8-7-13-11(15)9-3-5-10(12)6-4-9/h3-6H,7-8H2,1-2H3,(H,13,15)/p+1. The molecular formula is C11H16IN2O+. The van der Waals surface area contributed by atoms with Gasteiger partial charge in [-0.05, 0) is 46.9 Å². The average molecular weight is 319 g/mol. The van der Waals surface area contributed by atoms with Gasteiger partial charge in [0.15, 0.2) is 0 Å². The summed E-state index contributed by atoms with van der Waals surface area (Å²) in [7, 11) is 4.13. The minimum Gasteiger partial charge on any atom is -0.346 e. The smallest absolute Gasteiger partial charge is 0.251 e. The zero-order valence-electron chi connectivity index (χ0n) is 9.01. The summed E-state index contributed by atoms with van der Waals surface area (Å²) in [6.07, 6.45) is 0. The van der Waals surface area contributed by atoms with Gasteiger partial charge < -0.3 is 10.2 Å². The quantitative estimate of drug-likeness (QED) is 0.762. The van der Waals surface area contributed by atoms with Gasteiger partial charge in [-0.2, -0.15) is 0 Å². The van der Waals surface area contributed by atoms with Gasteiger partial charge in [-0.1, -0.05) is 0 Å². The molecule has 0 aliphatic heterocycles. The molecule has 3 nitrogen and oxygen atoms in total. The number of benzene rings is 1. The number of halogens is 1. The minimum absolute atomic E-state index is 0.00708. The van der Waals surface area contributed by atoms with Gasteiger partial charge in [-0.15, -0.1) is 0 Å². The fraction of sp³-hybridized carbons (Fsp3) is 0.364. The van der Waals surface area contributed by atoms with E-state index in [4.69, 9.17) is 0 Å². The monoisotopic (exact) mass is 319 g/mol. The first-order valence-electron chi connectivity index (χ1n) is 4.92. The van der Waals surface area contributed by atoms with Crippen molar-refractivity contribution in [1.82, 2.24) is 5.32 Å². The maximum Gasteiger partial charge on any atom is 0.251 e. The number of amides is 1. The van der Waals surface area contributed by atoms with Crippen molar-refractivity contribution < 1.29 is 9.69 Å². The molecule has 1 aromatic rings. The van der Waals surface area contributed by atoms with E-state index in [1.165, 1.54) is 4.90 Å². The number of quaternary nitrogens is 1. The van der Waals surface area contributed by atoms with Crippen molar-refractivity contribution in [1.29, 1.82) is 0 Å². The second-order valence-electron chi connectivity index (χ2n) is 3.72. The predicted molar refractivity (Wildman–Crippen MR) is 69.2 cm³/mol. The van der Waals surface area contributed by atoms with Crippen LogP contribution in [-0.2, 0) is 0 Å². The molecule has 0 aliphatic rings. The summed E-state index contributed by atoms with van der Waals surface area (Å²) < 4.78 is 1.14. The lowest BCUT2D eigenvalue weighted by molar-refractivity contribution is -0.856. The lowest BCUT2D eigenvalue weighted by Gasteiger charge is -2.08. The number of carbonyl (C=O) groups is 1. The molecule has 0 unspecified atom stereocenters. The van der Waals surface area contributed by atoms with Gasteiger partial charge in [0, 0.05) is 9.13 Å². The largest absolute Gasteiger partial charge is 0.346 e. The number of rotatable bonds is 4. The zero-order valence-corrected chi connectivity index (χ0v) is 11.2. The van der Waals surface area contributed by atoms with Crippen molar-refractivity contribution in [3.63, 3.8) is 0 Å². The zero-order chi connectivity index (χ0) is 11.3. The lowest BCUT2D eigenvalue weighted by Crippen LogP contribution is -3.06. The van der Waals surface area contributed by atoms with E-state index in [2.05, 4.69) is 42.0 Å². The Hall–Kier alpha value is -0.620. The van der Waals surface area contributed by atoms with Crippen molar-refractivity contribution in [2.45, 2.75) is 0 Å². The maximum atomic E-state index is 11.6. The molecule has 1 amide bonds. The molecule has 1 rings (SSSR count). The molecule has 0 spiro atoms. The van der Waals surface area contributed by atoms with Gasteiger partial charge in [0.1, 0.15) is 0 Å². The van der Waals surface area contributed by atoms with Crippen LogP contribution in [0, 0.1) is 3.57 Å². The molecule has 4 heteroatoms. The molecule has 1 aromatic carbocycles. The van der Waals surface area contributed by atoms with E-state index in [9.17, 15) is 4.79 Å². The molecule has 0 fully saturated rings. The Labute approximate surface area is 104 Å². The highest BCUT2D eigenvalue weighted by molar-refractivity contribution is 14.1. The molecule has 0 heterocycles. The van der Waals surface area contributed by atoms with Crippen LogP contribution in [0.25, 0.3) is 0 Å². The highest BCUT2D eigenvalue weighted by atomic mass is 127. The van der Waals surface area contributed by atoms with Crippen molar-refractivity contribution >= 4 is 28.5 Å². The predicted octanol–water partition coefficient (Wildman–Crippen LogP) is 0.166. The number of hydrogen-bond acceptors (Lipinski definition) is 1. The highest BCUT2D eigenvalue weighted by Gasteiger charge is 2.04. The van der Waals surface area contributed by atoms with E-state index in [1.54, 1.807) is 0 Å². The van der Waals surface area contributed by atoms with Crippen LogP contribution in [0.5, 0.6) is 0 Å². The summed E-state index contributed by atoms with van der Waals surface area (Å²) in [4.78, 5) is 12.9. The van der Waals surface area contributed by atoms with Crippen molar-refractivity contribution in [2.24, 2.45) is 0 Å². The summed E-state index contributed by atoms with van der Waals surface area (Å²) in [5.74, 6) is 0.00708.